The molecule has 0 aliphatic carbocycles. The van der Waals surface area contributed by atoms with E-state index in [-0.39, 0.29) is 35.5 Å². The van der Waals surface area contributed by atoms with Crippen LogP contribution in [0.15, 0.2) is 46.7 Å². The largest absolute Gasteiger partial charge is 0.509 e. The summed E-state index contributed by atoms with van der Waals surface area (Å²) in [4.78, 5) is 19.2. The fourth-order valence-corrected chi connectivity index (χ4v) is 3.58. The van der Waals surface area contributed by atoms with Gasteiger partial charge in [0.2, 0.25) is 0 Å². The second kappa shape index (κ2) is 7.00. The third kappa shape index (κ3) is 3.46. The fraction of sp³-hybridized carbons (Fsp3) is 0.524. The van der Waals surface area contributed by atoms with Crippen LogP contribution in [0.25, 0.3) is 0 Å². The highest BCUT2D eigenvalue weighted by Gasteiger charge is 2.59. The van der Waals surface area contributed by atoms with Gasteiger partial charge in [-0.2, -0.15) is 0 Å². The number of ether oxygens (including phenoxy) is 2. The molecule has 146 valence electrons. The van der Waals surface area contributed by atoms with E-state index in [2.05, 4.69) is 4.99 Å². The van der Waals surface area contributed by atoms with Gasteiger partial charge in [-0.1, -0.05) is 39.0 Å². The van der Waals surface area contributed by atoms with Crippen LogP contribution < -0.4 is 4.74 Å². The number of fused-ring (bicyclic) bond motifs is 1. The van der Waals surface area contributed by atoms with E-state index >= 15 is 0 Å². The van der Waals surface area contributed by atoms with Gasteiger partial charge in [-0.25, -0.2) is 0 Å². The molecule has 1 saturated heterocycles. The van der Waals surface area contributed by atoms with Gasteiger partial charge in [-0.05, 0) is 26.0 Å². The number of carbonyl (C=O) groups excluding carboxylic acids is 1. The summed E-state index contributed by atoms with van der Waals surface area (Å²) < 4.78 is 11.5. The van der Waals surface area contributed by atoms with Crippen LogP contribution in [0.4, 0.5) is 0 Å². The molecular formula is C21H28N2O4. The van der Waals surface area contributed by atoms with Crippen molar-refractivity contribution in [3.05, 3.63) is 41.7 Å². The average Bonchev–Trinajstić information content (AvgIpc) is 3.06. The van der Waals surface area contributed by atoms with Crippen LogP contribution in [0, 0.1) is 5.41 Å². The van der Waals surface area contributed by atoms with Gasteiger partial charge in [-0.15, -0.1) is 0 Å². The Morgan fingerprint density at radius 2 is 2.04 bits per heavy atom. The van der Waals surface area contributed by atoms with E-state index < -0.39 is 5.54 Å². The minimum Gasteiger partial charge on any atom is -0.509 e. The minimum absolute atomic E-state index is 0.0458. The molecule has 1 aromatic rings. The first-order valence-electron chi connectivity index (χ1n) is 9.24. The third-order valence-electron chi connectivity index (χ3n) is 5.02. The predicted molar refractivity (Wildman–Crippen MR) is 104 cm³/mol. The molecule has 0 unspecified atom stereocenters. The number of aliphatic hydroxyl groups excluding tert-OH is 1. The Morgan fingerprint density at radius 1 is 1.37 bits per heavy atom. The van der Waals surface area contributed by atoms with Crippen LogP contribution in [0.2, 0.25) is 0 Å². The monoisotopic (exact) mass is 372 g/mol. The molecule has 3 rings (SSSR count). The highest BCUT2D eigenvalue weighted by atomic mass is 16.5. The summed E-state index contributed by atoms with van der Waals surface area (Å²) in [5.41, 5.74) is -0.272. The Morgan fingerprint density at radius 3 is 2.67 bits per heavy atom. The van der Waals surface area contributed by atoms with Gasteiger partial charge >= 0.3 is 0 Å². The number of benzene rings is 1. The number of amides is 1. The number of carbonyl (C=O) groups is 1. The van der Waals surface area contributed by atoms with Gasteiger partial charge in [0.05, 0.1) is 13.2 Å². The molecule has 2 aliphatic rings. The zero-order valence-electron chi connectivity index (χ0n) is 16.7. The van der Waals surface area contributed by atoms with Crippen LogP contribution >= 0.6 is 0 Å². The molecule has 1 fully saturated rings. The molecule has 0 bridgehead atoms. The molecule has 1 amide bonds. The lowest BCUT2D eigenvalue weighted by atomic mass is 9.92. The fourth-order valence-electron chi connectivity index (χ4n) is 3.58. The van der Waals surface area contributed by atoms with Crippen LogP contribution in [0.1, 0.15) is 34.6 Å². The molecule has 0 saturated carbocycles. The number of hydrogen-bond donors (Lipinski definition) is 1. The molecule has 27 heavy (non-hydrogen) atoms. The second-order valence-electron chi connectivity index (χ2n) is 8.33. The molecular weight excluding hydrogens is 344 g/mol. The normalized spacial score (nSPS) is 26.0. The minimum atomic E-state index is -0.832. The number of nitrogens with zero attached hydrogens (tertiary/aromatic N) is 2. The first-order valence-corrected chi connectivity index (χ1v) is 9.24. The van der Waals surface area contributed by atoms with Crippen molar-refractivity contribution in [1.82, 2.24) is 4.90 Å². The SMILES string of the molecule is CC(=NCCOc1ccccc1)C1=C(O)[C@]2(C)CO[C@@H](C(C)(C)C)N2C1=O. The number of hydrogen-bond acceptors (Lipinski definition) is 5. The maximum Gasteiger partial charge on any atom is 0.262 e. The maximum absolute atomic E-state index is 13.1. The Balaban J connectivity index is 1.73. The number of aliphatic imine (C=N–C) groups is 1. The lowest BCUT2D eigenvalue weighted by Crippen LogP contribution is -2.50. The van der Waals surface area contributed by atoms with E-state index in [9.17, 15) is 9.90 Å². The summed E-state index contributed by atoms with van der Waals surface area (Å²) in [5, 5.41) is 10.8. The molecule has 0 spiro atoms. The molecule has 1 N–H and O–H groups in total. The average molecular weight is 372 g/mol. The Kier molecular flexibility index (Phi) is 5.04. The summed E-state index contributed by atoms with van der Waals surface area (Å²) in [6, 6.07) is 9.51. The van der Waals surface area contributed by atoms with Gasteiger partial charge < -0.3 is 14.6 Å². The third-order valence-corrected chi connectivity index (χ3v) is 5.02. The van der Waals surface area contributed by atoms with Gasteiger partial charge in [0.25, 0.3) is 5.91 Å². The Labute approximate surface area is 160 Å². The molecule has 6 nitrogen and oxygen atoms in total. The van der Waals surface area contributed by atoms with Gasteiger partial charge in [0.15, 0.2) is 0 Å². The second-order valence-corrected chi connectivity index (χ2v) is 8.33. The van der Waals surface area contributed by atoms with E-state index in [0.29, 0.717) is 18.9 Å². The van der Waals surface area contributed by atoms with Crippen molar-refractivity contribution in [1.29, 1.82) is 0 Å². The number of aliphatic hydroxyl groups is 1. The van der Waals surface area contributed by atoms with Crippen LogP contribution in [0.3, 0.4) is 0 Å². The molecule has 0 aromatic heterocycles. The Bertz CT molecular complexity index is 779. The topological polar surface area (TPSA) is 71.4 Å². The van der Waals surface area contributed by atoms with Crippen molar-refractivity contribution >= 4 is 11.6 Å². The standard InChI is InChI=1S/C21H28N2O4/c1-14(22-11-12-26-15-9-7-6-8-10-15)16-17(24)21(5)13-27-19(20(2,3)4)23(21)18(16)25/h6-10,19,24H,11-13H2,1-5H3/t19-,21-/m0/s1. The summed E-state index contributed by atoms with van der Waals surface area (Å²) >= 11 is 0. The van der Waals surface area contributed by atoms with Crippen molar-refractivity contribution in [3.8, 4) is 5.75 Å². The summed E-state index contributed by atoms with van der Waals surface area (Å²) in [6.45, 7) is 10.7. The summed E-state index contributed by atoms with van der Waals surface area (Å²) in [6.07, 6.45) is -0.385. The van der Waals surface area contributed by atoms with E-state index in [1.807, 2.05) is 58.0 Å². The van der Waals surface area contributed by atoms with Gasteiger partial charge in [0, 0.05) is 11.1 Å². The van der Waals surface area contributed by atoms with Crippen molar-refractivity contribution in [2.24, 2.45) is 10.4 Å². The van der Waals surface area contributed by atoms with Gasteiger partial charge in [-0.3, -0.25) is 14.7 Å². The molecule has 0 radical (unpaired) electrons. The van der Waals surface area contributed by atoms with Crippen LogP contribution in [0.5, 0.6) is 5.75 Å². The lowest BCUT2D eigenvalue weighted by Gasteiger charge is -2.36. The molecule has 1 aromatic carbocycles. The molecule has 2 heterocycles. The van der Waals surface area contributed by atoms with E-state index in [1.54, 1.807) is 11.8 Å². The number of para-hydroxylation sites is 1. The van der Waals surface area contributed by atoms with Crippen molar-refractivity contribution in [3.63, 3.8) is 0 Å². The molecule has 2 aliphatic heterocycles. The highest BCUT2D eigenvalue weighted by molar-refractivity contribution is 6.23. The lowest BCUT2D eigenvalue weighted by molar-refractivity contribution is -0.139. The first-order chi connectivity index (χ1) is 12.7. The molecule has 6 heteroatoms. The maximum atomic E-state index is 13.1. The smallest absolute Gasteiger partial charge is 0.262 e. The van der Waals surface area contributed by atoms with Crippen molar-refractivity contribution < 1.29 is 19.4 Å². The zero-order valence-corrected chi connectivity index (χ0v) is 16.7. The number of rotatable bonds is 5. The Hall–Kier alpha value is -2.34. The first kappa shape index (κ1) is 19.4. The summed E-state index contributed by atoms with van der Waals surface area (Å²) in [5.74, 6) is 0.602. The van der Waals surface area contributed by atoms with Crippen molar-refractivity contribution in [2.75, 3.05) is 19.8 Å². The van der Waals surface area contributed by atoms with Gasteiger partial charge in [0.1, 0.15) is 35.5 Å². The summed E-state index contributed by atoms with van der Waals surface area (Å²) in [7, 11) is 0. The highest BCUT2D eigenvalue weighted by Crippen LogP contribution is 2.45. The van der Waals surface area contributed by atoms with Crippen LogP contribution in [-0.2, 0) is 9.53 Å². The molecule has 2 atom stereocenters. The van der Waals surface area contributed by atoms with E-state index in [1.165, 1.54) is 0 Å². The quantitative estimate of drug-likeness (QED) is 0.636. The predicted octanol–water partition coefficient (Wildman–Crippen LogP) is 3.34. The van der Waals surface area contributed by atoms with E-state index in [4.69, 9.17) is 9.47 Å². The van der Waals surface area contributed by atoms with E-state index in [0.717, 1.165) is 5.75 Å². The zero-order chi connectivity index (χ0) is 19.8. The van der Waals surface area contributed by atoms with Crippen LogP contribution in [-0.4, -0.2) is 53.2 Å². The van der Waals surface area contributed by atoms with Crippen molar-refractivity contribution in [2.45, 2.75) is 46.4 Å².